The molecule has 0 aliphatic carbocycles. The molecule has 2 unspecified atom stereocenters. The molecule has 5 nitrogen and oxygen atoms in total. The van der Waals surface area contributed by atoms with E-state index in [0.717, 1.165) is 25.1 Å². The van der Waals surface area contributed by atoms with Gasteiger partial charge in [0.05, 0.1) is 4.90 Å². The van der Waals surface area contributed by atoms with E-state index in [1.807, 2.05) is 12.1 Å². The fourth-order valence-corrected chi connectivity index (χ4v) is 2.98. The number of likely N-dealkylation sites (tertiary alicyclic amines) is 1. The van der Waals surface area contributed by atoms with Gasteiger partial charge in [0.2, 0.25) is 10.0 Å². The van der Waals surface area contributed by atoms with Crippen molar-refractivity contribution >= 4 is 10.0 Å². The van der Waals surface area contributed by atoms with E-state index in [1.165, 1.54) is 0 Å². The van der Waals surface area contributed by atoms with Gasteiger partial charge < -0.3 is 10.2 Å². The first-order valence-corrected chi connectivity index (χ1v) is 7.98. The van der Waals surface area contributed by atoms with Gasteiger partial charge in [0.1, 0.15) is 0 Å². The molecule has 1 heterocycles. The summed E-state index contributed by atoms with van der Waals surface area (Å²) in [5.74, 6) is 0. The standard InChI is InChI=1S/C13H21N3O2S/c1-10(15-12-7-8-16(2)9-12)11-3-5-13(6-4-11)19(14,17)18/h3-6,10,12,15H,7-9H2,1-2H3,(H2,14,17,18). The zero-order valence-corrected chi connectivity index (χ0v) is 12.2. The third kappa shape index (κ3) is 3.76. The first-order chi connectivity index (χ1) is 8.86. The minimum Gasteiger partial charge on any atom is -0.306 e. The number of hydrogen-bond donors (Lipinski definition) is 2. The lowest BCUT2D eigenvalue weighted by Crippen LogP contribution is -2.33. The summed E-state index contributed by atoms with van der Waals surface area (Å²) in [6, 6.07) is 7.45. The molecule has 2 rings (SSSR count). The fraction of sp³-hybridized carbons (Fsp3) is 0.538. The molecule has 1 aliphatic rings. The molecule has 1 aromatic carbocycles. The monoisotopic (exact) mass is 283 g/mol. The van der Waals surface area contributed by atoms with Crippen molar-refractivity contribution in [2.75, 3.05) is 20.1 Å². The highest BCUT2D eigenvalue weighted by Crippen LogP contribution is 2.18. The summed E-state index contributed by atoms with van der Waals surface area (Å²) in [5, 5.41) is 8.64. The Morgan fingerprint density at radius 2 is 2.00 bits per heavy atom. The van der Waals surface area contributed by atoms with Crippen molar-refractivity contribution in [3.63, 3.8) is 0 Å². The number of nitrogens with two attached hydrogens (primary N) is 1. The lowest BCUT2D eigenvalue weighted by atomic mass is 10.1. The Morgan fingerprint density at radius 1 is 1.37 bits per heavy atom. The molecule has 0 aromatic heterocycles. The Kier molecular flexibility index (Phi) is 4.25. The Morgan fingerprint density at radius 3 is 2.47 bits per heavy atom. The van der Waals surface area contributed by atoms with Crippen molar-refractivity contribution in [3.8, 4) is 0 Å². The summed E-state index contributed by atoms with van der Waals surface area (Å²) >= 11 is 0. The number of sulfonamides is 1. The van der Waals surface area contributed by atoms with Crippen LogP contribution in [0.15, 0.2) is 29.2 Å². The number of hydrogen-bond acceptors (Lipinski definition) is 4. The van der Waals surface area contributed by atoms with Crippen molar-refractivity contribution in [2.24, 2.45) is 5.14 Å². The summed E-state index contributed by atoms with van der Waals surface area (Å²) in [7, 11) is -1.48. The number of nitrogens with zero attached hydrogens (tertiary/aromatic N) is 1. The van der Waals surface area contributed by atoms with Crippen LogP contribution in [0.2, 0.25) is 0 Å². The van der Waals surface area contributed by atoms with Crippen molar-refractivity contribution in [3.05, 3.63) is 29.8 Å². The molecular formula is C13H21N3O2S. The Bertz CT molecular complexity index is 527. The first-order valence-electron chi connectivity index (χ1n) is 6.43. The van der Waals surface area contributed by atoms with Crippen LogP contribution in [0.25, 0.3) is 0 Å². The Hall–Kier alpha value is -0.950. The SMILES string of the molecule is CC(NC1CCN(C)C1)c1ccc(S(N)(=O)=O)cc1. The third-order valence-electron chi connectivity index (χ3n) is 3.59. The van der Waals surface area contributed by atoms with Gasteiger partial charge in [-0.05, 0) is 44.6 Å². The van der Waals surface area contributed by atoms with E-state index in [9.17, 15) is 8.42 Å². The van der Waals surface area contributed by atoms with Crippen LogP contribution in [0.3, 0.4) is 0 Å². The van der Waals surface area contributed by atoms with Gasteiger partial charge in [-0.1, -0.05) is 12.1 Å². The summed E-state index contributed by atoms with van der Waals surface area (Å²) in [6.45, 7) is 4.26. The van der Waals surface area contributed by atoms with Crippen LogP contribution in [0.1, 0.15) is 24.9 Å². The van der Waals surface area contributed by atoms with Crippen LogP contribution in [-0.4, -0.2) is 39.5 Å². The third-order valence-corrected chi connectivity index (χ3v) is 4.51. The van der Waals surface area contributed by atoms with E-state index in [4.69, 9.17) is 5.14 Å². The van der Waals surface area contributed by atoms with Crippen molar-refractivity contribution in [2.45, 2.75) is 30.3 Å². The molecule has 1 saturated heterocycles. The smallest absolute Gasteiger partial charge is 0.238 e. The molecule has 0 saturated carbocycles. The molecule has 19 heavy (non-hydrogen) atoms. The minimum atomic E-state index is -3.60. The average molecular weight is 283 g/mol. The van der Waals surface area contributed by atoms with E-state index >= 15 is 0 Å². The molecule has 1 aliphatic heterocycles. The highest BCUT2D eigenvalue weighted by Gasteiger charge is 2.21. The Labute approximate surface area is 114 Å². The van der Waals surface area contributed by atoms with Crippen LogP contribution in [-0.2, 0) is 10.0 Å². The van der Waals surface area contributed by atoms with Crippen molar-refractivity contribution in [1.29, 1.82) is 0 Å². The van der Waals surface area contributed by atoms with E-state index in [0.29, 0.717) is 6.04 Å². The summed E-state index contributed by atoms with van der Waals surface area (Å²) in [6.07, 6.45) is 1.15. The quantitative estimate of drug-likeness (QED) is 0.852. The maximum Gasteiger partial charge on any atom is 0.238 e. The predicted octanol–water partition coefficient (Wildman–Crippen LogP) is 0.689. The number of nitrogens with one attached hydrogen (secondary N) is 1. The fourth-order valence-electron chi connectivity index (χ4n) is 2.47. The first kappa shape index (κ1) is 14.5. The number of primary sulfonamides is 1. The van der Waals surface area contributed by atoms with Gasteiger partial charge in [-0.2, -0.15) is 0 Å². The molecule has 106 valence electrons. The zero-order chi connectivity index (χ0) is 14.0. The predicted molar refractivity (Wildman–Crippen MR) is 75.3 cm³/mol. The molecule has 0 amide bonds. The van der Waals surface area contributed by atoms with E-state index in [2.05, 4.69) is 24.2 Å². The van der Waals surface area contributed by atoms with Gasteiger partial charge in [0.15, 0.2) is 0 Å². The number of likely N-dealkylation sites (N-methyl/N-ethyl adjacent to an activating group) is 1. The second-order valence-electron chi connectivity index (χ2n) is 5.25. The molecule has 2 atom stereocenters. The van der Waals surface area contributed by atoms with Crippen LogP contribution in [0.5, 0.6) is 0 Å². The van der Waals surface area contributed by atoms with Crippen molar-refractivity contribution in [1.82, 2.24) is 10.2 Å². The second-order valence-corrected chi connectivity index (χ2v) is 6.81. The van der Waals surface area contributed by atoms with Crippen LogP contribution >= 0.6 is 0 Å². The minimum absolute atomic E-state index is 0.157. The van der Waals surface area contributed by atoms with Gasteiger partial charge >= 0.3 is 0 Å². The van der Waals surface area contributed by atoms with Gasteiger partial charge in [-0.25, -0.2) is 13.6 Å². The van der Waals surface area contributed by atoms with E-state index < -0.39 is 10.0 Å². The highest BCUT2D eigenvalue weighted by molar-refractivity contribution is 7.89. The largest absolute Gasteiger partial charge is 0.306 e. The normalized spacial score (nSPS) is 22.6. The zero-order valence-electron chi connectivity index (χ0n) is 11.3. The molecule has 3 N–H and O–H groups in total. The second kappa shape index (κ2) is 5.58. The molecule has 6 heteroatoms. The lowest BCUT2D eigenvalue weighted by molar-refractivity contribution is 0.387. The maximum atomic E-state index is 11.2. The summed E-state index contributed by atoms with van der Waals surface area (Å²) in [5.41, 5.74) is 1.07. The van der Waals surface area contributed by atoms with Crippen LogP contribution in [0.4, 0.5) is 0 Å². The van der Waals surface area contributed by atoms with Crippen LogP contribution in [0, 0.1) is 0 Å². The number of benzene rings is 1. The molecule has 0 spiro atoms. The molecule has 1 fully saturated rings. The maximum absolute atomic E-state index is 11.2. The van der Waals surface area contributed by atoms with E-state index in [-0.39, 0.29) is 10.9 Å². The lowest BCUT2D eigenvalue weighted by Gasteiger charge is -2.20. The molecule has 1 aromatic rings. The molecular weight excluding hydrogens is 262 g/mol. The number of rotatable bonds is 4. The highest BCUT2D eigenvalue weighted by atomic mass is 32.2. The average Bonchev–Trinajstić information content (AvgIpc) is 2.74. The van der Waals surface area contributed by atoms with Crippen LogP contribution < -0.4 is 10.5 Å². The summed E-state index contributed by atoms with van der Waals surface area (Å²) < 4.78 is 22.4. The van der Waals surface area contributed by atoms with Gasteiger partial charge in [-0.3, -0.25) is 0 Å². The summed E-state index contributed by atoms with van der Waals surface area (Å²) in [4.78, 5) is 2.46. The van der Waals surface area contributed by atoms with Crippen molar-refractivity contribution < 1.29 is 8.42 Å². The van der Waals surface area contributed by atoms with E-state index in [1.54, 1.807) is 12.1 Å². The van der Waals surface area contributed by atoms with Gasteiger partial charge in [0.25, 0.3) is 0 Å². The molecule has 0 radical (unpaired) electrons. The van der Waals surface area contributed by atoms with Gasteiger partial charge in [-0.15, -0.1) is 0 Å². The molecule has 0 bridgehead atoms. The Balaban J connectivity index is 2.01. The topological polar surface area (TPSA) is 75.4 Å². The van der Waals surface area contributed by atoms with Gasteiger partial charge in [0, 0.05) is 18.6 Å².